The number of hydrogen-bond donors (Lipinski definition) is 2. The minimum Gasteiger partial charge on any atom is -0.379 e. The van der Waals surface area contributed by atoms with Crippen LogP contribution in [-0.2, 0) is 4.74 Å². The van der Waals surface area contributed by atoms with E-state index >= 15 is 0 Å². The molecule has 1 saturated heterocycles. The van der Waals surface area contributed by atoms with Gasteiger partial charge in [0.1, 0.15) is 5.01 Å². The molecule has 28 heavy (non-hydrogen) atoms. The van der Waals surface area contributed by atoms with Crippen molar-refractivity contribution >= 4 is 33.3 Å². The number of carbonyl (C=O) groups excluding carboxylic acids is 1. The molecule has 2 amide bonds. The highest BCUT2D eigenvalue weighted by molar-refractivity contribution is 7.21. The molecule has 1 aromatic heterocycles. The number of ether oxygens (including phenoxy) is 1. The smallest absolute Gasteiger partial charge is 0.319 e. The van der Waals surface area contributed by atoms with Crippen molar-refractivity contribution in [1.29, 1.82) is 0 Å². The lowest BCUT2D eigenvalue weighted by Gasteiger charge is -2.26. The molecule has 1 aliphatic rings. The Balaban J connectivity index is 1.35. The highest BCUT2D eigenvalue weighted by atomic mass is 32.1. The minimum absolute atomic E-state index is 0.185. The molecule has 2 heterocycles. The van der Waals surface area contributed by atoms with Gasteiger partial charge in [0.15, 0.2) is 0 Å². The molecular weight excluding hydrogens is 372 g/mol. The van der Waals surface area contributed by atoms with E-state index in [2.05, 4.69) is 21.6 Å². The van der Waals surface area contributed by atoms with E-state index in [9.17, 15) is 4.79 Å². The third kappa shape index (κ3) is 4.67. The number of morpholine rings is 1. The Bertz CT molecular complexity index is 904. The van der Waals surface area contributed by atoms with E-state index in [1.165, 1.54) is 0 Å². The number of para-hydroxylation sites is 2. The van der Waals surface area contributed by atoms with Crippen molar-refractivity contribution in [2.24, 2.45) is 0 Å². The van der Waals surface area contributed by atoms with Crippen LogP contribution in [0.25, 0.3) is 20.8 Å². The third-order valence-corrected chi connectivity index (χ3v) is 5.81. The van der Waals surface area contributed by atoms with Crippen LogP contribution in [0.3, 0.4) is 0 Å². The average molecular weight is 397 g/mol. The summed E-state index contributed by atoms with van der Waals surface area (Å²) < 4.78 is 6.49. The van der Waals surface area contributed by atoms with Crippen molar-refractivity contribution < 1.29 is 9.53 Å². The Labute approximate surface area is 168 Å². The molecule has 0 bridgehead atoms. The van der Waals surface area contributed by atoms with E-state index < -0.39 is 0 Å². The van der Waals surface area contributed by atoms with E-state index in [0.29, 0.717) is 6.54 Å². The zero-order valence-electron chi connectivity index (χ0n) is 15.7. The molecule has 6 nitrogen and oxygen atoms in total. The van der Waals surface area contributed by atoms with E-state index in [0.717, 1.165) is 65.7 Å². The molecule has 0 spiro atoms. The lowest BCUT2D eigenvalue weighted by Crippen LogP contribution is -2.38. The van der Waals surface area contributed by atoms with Gasteiger partial charge in [0.05, 0.1) is 29.1 Å². The van der Waals surface area contributed by atoms with Crippen LogP contribution in [0.4, 0.5) is 10.5 Å². The summed E-state index contributed by atoms with van der Waals surface area (Å²) in [5.41, 5.74) is 2.68. The van der Waals surface area contributed by atoms with E-state index in [1.807, 2.05) is 42.5 Å². The number of aromatic nitrogens is 1. The fourth-order valence-electron chi connectivity index (χ4n) is 3.26. The van der Waals surface area contributed by atoms with Crippen molar-refractivity contribution in [2.75, 3.05) is 44.7 Å². The minimum atomic E-state index is -0.185. The maximum Gasteiger partial charge on any atom is 0.319 e. The van der Waals surface area contributed by atoms with Gasteiger partial charge in [-0.15, -0.1) is 11.3 Å². The summed E-state index contributed by atoms with van der Waals surface area (Å²) >= 11 is 1.63. The van der Waals surface area contributed by atoms with Crippen LogP contribution >= 0.6 is 11.3 Å². The molecule has 7 heteroatoms. The molecule has 2 aromatic carbocycles. The van der Waals surface area contributed by atoms with Crippen LogP contribution in [0.2, 0.25) is 0 Å². The molecule has 0 atom stereocenters. The van der Waals surface area contributed by atoms with Gasteiger partial charge in [0, 0.05) is 25.2 Å². The maximum atomic E-state index is 12.3. The van der Waals surface area contributed by atoms with Gasteiger partial charge in [-0.25, -0.2) is 9.78 Å². The first-order chi connectivity index (χ1) is 13.8. The second-order valence-electron chi connectivity index (χ2n) is 6.72. The Morgan fingerprint density at radius 1 is 1.11 bits per heavy atom. The van der Waals surface area contributed by atoms with E-state index in [1.54, 1.807) is 11.3 Å². The Morgan fingerprint density at radius 2 is 1.89 bits per heavy atom. The van der Waals surface area contributed by atoms with Crippen molar-refractivity contribution in [3.63, 3.8) is 0 Å². The van der Waals surface area contributed by atoms with Gasteiger partial charge in [0.25, 0.3) is 0 Å². The first kappa shape index (κ1) is 18.9. The number of nitrogens with zero attached hydrogens (tertiary/aromatic N) is 2. The lowest BCUT2D eigenvalue weighted by atomic mass is 10.2. The van der Waals surface area contributed by atoms with Gasteiger partial charge < -0.3 is 15.4 Å². The zero-order chi connectivity index (χ0) is 19.2. The van der Waals surface area contributed by atoms with Gasteiger partial charge >= 0.3 is 6.03 Å². The number of hydrogen-bond acceptors (Lipinski definition) is 5. The summed E-state index contributed by atoms with van der Waals surface area (Å²) in [6.07, 6.45) is 0.924. The predicted molar refractivity (Wildman–Crippen MR) is 114 cm³/mol. The molecule has 0 radical (unpaired) electrons. The highest BCUT2D eigenvalue weighted by Crippen LogP contribution is 2.34. The number of nitrogens with one attached hydrogen (secondary N) is 2. The maximum absolute atomic E-state index is 12.3. The summed E-state index contributed by atoms with van der Waals surface area (Å²) in [4.78, 5) is 19.4. The van der Waals surface area contributed by atoms with Crippen molar-refractivity contribution in [3.8, 4) is 10.6 Å². The van der Waals surface area contributed by atoms with Crippen molar-refractivity contribution in [3.05, 3.63) is 48.5 Å². The number of benzene rings is 2. The molecule has 2 N–H and O–H groups in total. The second kappa shape index (κ2) is 9.14. The SMILES string of the molecule is O=C(NCCCN1CCOCC1)Nc1ccccc1-c1nc2ccccc2s1. The summed E-state index contributed by atoms with van der Waals surface area (Å²) in [5.74, 6) is 0. The average Bonchev–Trinajstić information content (AvgIpc) is 3.16. The first-order valence-corrected chi connectivity index (χ1v) is 10.4. The van der Waals surface area contributed by atoms with E-state index in [4.69, 9.17) is 9.72 Å². The molecule has 3 aromatic rings. The second-order valence-corrected chi connectivity index (χ2v) is 7.75. The Hall–Kier alpha value is -2.48. The number of anilines is 1. The Kier molecular flexibility index (Phi) is 6.16. The standard InChI is InChI=1S/C21H24N4O2S/c26-21(22-10-5-11-25-12-14-27-15-13-25)24-17-7-2-1-6-16(17)20-23-18-8-3-4-9-19(18)28-20/h1-4,6-9H,5,10-15H2,(H2,22,24,26). The normalized spacial score (nSPS) is 14.9. The van der Waals surface area contributed by atoms with Gasteiger partial charge in [-0.3, -0.25) is 4.90 Å². The fourth-order valence-corrected chi connectivity index (χ4v) is 4.27. The van der Waals surface area contributed by atoms with Crippen LogP contribution < -0.4 is 10.6 Å². The zero-order valence-corrected chi connectivity index (χ0v) is 16.5. The molecular formula is C21H24N4O2S. The summed E-state index contributed by atoms with van der Waals surface area (Å²) in [7, 11) is 0. The van der Waals surface area contributed by atoms with Crippen LogP contribution in [0.5, 0.6) is 0 Å². The van der Waals surface area contributed by atoms with Gasteiger partial charge in [-0.05, 0) is 37.2 Å². The van der Waals surface area contributed by atoms with Crippen molar-refractivity contribution in [2.45, 2.75) is 6.42 Å². The van der Waals surface area contributed by atoms with Crippen LogP contribution in [0.1, 0.15) is 6.42 Å². The van der Waals surface area contributed by atoms with Gasteiger partial charge in [0.2, 0.25) is 0 Å². The van der Waals surface area contributed by atoms with Crippen molar-refractivity contribution in [1.82, 2.24) is 15.2 Å². The third-order valence-electron chi connectivity index (χ3n) is 4.74. The van der Waals surface area contributed by atoms with Gasteiger partial charge in [-0.1, -0.05) is 24.3 Å². The van der Waals surface area contributed by atoms with Crippen LogP contribution in [-0.4, -0.2) is 55.3 Å². The quantitative estimate of drug-likeness (QED) is 0.622. The number of urea groups is 1. The van der Waals surface area contributed by atoms with Gasteiger partial charge in [-0.2, -0.15) is 0 Å². The lowest BCUT2D eigenvalue weighted by molar-refractivity contribution is 0.0375. The summed E-state index contributed by atoms with van der Waals surface area (Å²) in [5, 5.41) is 6.83. The van der Waals surface area contributed by atoms with Crippen LogP contribution in [0, 0.1) is 0 Å². The molecule has 0 aliphatic carbocycles. The number of fused-ring (bicyclic) bond motifs is 1. The van der Waals surface area contributed by atoms with E-state index in [-0.39, 0.29) is 6.03 Å². The molecule has 146 valence electrons. The Morgan fingerprint density at radius 3 is 2.75 bits per heavy atom. The summed E-state index contributed by atoms with van der Waals surface area (Å²) in [6, 6.07) is 15.7. The molecule has 0 unspecified atom stereocenters. The fraction of sp³-hybridized carbons (Fsp3) is 0.333. The number of amides is 2. The van der Waals surface area contributed by atoms with Crippen LogP contribution in [0.15, 0.2) is 48.5 Å². The number of carbonyl (C=O) groups is 1. The predicted octanol–water partition coefficient (Wildman–Crippen LogP) is 3.81. The number of thiazole rings is 1. The topological polar surface area (TPSA) is 66.5 Å². The largest absolute Gasteiger partial charge is 0.379 e. The monoisotopic (exact) mass is 396 g/mol. The molecule has 0 saturated carbocycles. The molecule has 4 rings (SSSR count). The molecule has 1 aliphatic heterocycles. The highest BCUT2D eigenvalue weighted by Gasteiger charge is 2.13. The first-order valence-electron chi connectivity index (χ1n) is 9.59. The number of rotatable bonds is 6. The summed E-state index contributed by atoms with van der Waals surface area (Å²) in [6.45, 7) is 5.18. The molecule has 1 fully saturated rings.